The minimum absolute atomic E-state index is 0.0324. The maximum absolute atomic E-state index is 14.7. The lowest BCUT2D eigenvalue weighted by molar-refractivity contribution is -0.348. The van der Waals surface area contributed by atoms with Crippen LogP contribution in [0, 0.1) is 0 Å². The highest BCUT2D eigenvalue weighted by atomic mass is 19.4. The molecular formula is C27H20BF10N3O2. The van der Waals surface area contributed by atoms with E-state index in [0.717, 1.165) is 19.2 Å². The first-order valence-electron chi connectivity index (χ1n) is 12.0. The summed E-state index contributed by atoms with van der Waals surface area (Å²) in [7, 11) is 7.82. The molecule has 43 heavy (non-hydrogen) atoms. The SMILES string of the molecule is [B]Cc1cc(C(F)(C(F)(F)F)C(F)(F)F)cc(C(F)(F)F)c1N(C)C(=O)c1cccc(NC(=O)c2ccc(NC)cc2)c1. The molecule has 0 saturated heterocycles. The Bertz CT molecular complexity index is 1490. The molecule has 2 radical (unpaired) electrons. The highest BCUT2D eigenvalue weighted by Crippen LogP contribution is 2.55. The summed E-state index contributed by atoms with van der Waals surface area (Å²) in [4.78, 5) is 26.1. The standard InChI is InChI=1S/C27H20BF10N3O2/c1-39-18-8-6-14(7-9-18)22(42)40-19-5-3-4-15(11-19)23(43)41(2)21-16(13-28)10-17(12-20(21)25(30,31)32)24(29,26(33,34)35)27(36,37)38/h3-12,39H,13H2,1-2H3,(H,40,42). The van der Waals surface area contributed by atoms with E-state index < -0.39 is 70.8 Å². The monoisotopic (exact) mass is 619 g/mol. The van der Waals surface area contributed by atoms with Crippen LogP contribution in [0.3, 0.4) is 0 Å². The number of hydrogen-bond donors (Lipinski definition) is 2. The van der Waals surface area contributed by atoms with Crippen LogP contribution in [-0.2, 0) is 18.2 Å². The molecule has 2 amide bonds. The van der Waals surface area contributed by atoms with E-state index in [1.54, 1.807) is 19.2 Å². The normalized spacial score (nSPS) is 12.6. The molecular weight excluding hydrogens is 599 g/mol. The second-order valence-corrected chi connectivity index (χ2v) is 9.11. The number of anilines is 3. The number of amides is 2. The highest BCUT2D eigenvalue weighted by Gasteiger charge is 2.73. The molecule has 16 heteroatoms. The van der Waals surface area contributed by atoms with Crippen molar-refractivity contribution >= 4 is 36.7 Å². The van der Waals surface area contributed by atoms with Crippen molar-refractivity contribution in [2.75, 3.05) is 29.6 Å². The van der Waals surface area contributed by atoms with Crippen LogP contribution in [0.2, 0.25) is 0 Å². The fourth-order valence-electron chi connectivity index (χ4n) is 4.17. The van der Waals surface area contributed by atoms with Crippen molar-refractivity contribution in [1.82, 2.24) is 0 Å². The van der Waals surface area contributed by atoms with Crippen molar-refractivity contribution in [2.24, 2.45) is 0 Å². The maximum atomic E-state index is 14.7. The first-order chi connectivity index (χ1) is 19.8. The Morgan fingerprint density at radius 1 is 0.791 bits per heavy atom. The van der Waals surface area contributed by atoms with E-state index >= 15 is 0 Å². The number of carbonyl (C=O) groups excluding carboxylic acids is 2. The molecule has 5 nitrogen and oxygen atoms in total. The van der Waals surface area contributed by atoms with Crippen molar-refractivity contribution in [3.8, 4) is 0 Å². The second-order valence-electron chi connectivity index (χ2n) is 9.11. The van der Waals surface area contributed by atoms with Crippen LogP contribution in [-0.4, -0.2) is 46.1 Å². The zero-order valence-corrected chi connectivity index (χ0v) is 22.1. The second kappa shape index (κ2) is 11.8. The van der Waals surface area contributed by atoms with E-state index in [-0.39, 0.29) is 22.9 Å². The number of carbonyl (C=O) groups is 2. The Morgan fingerprint density at radius 2 is 1.37 bits per heavy atom. The summed E-state index contributed by atoms with van der Waals surface area (Å²) >= 11 is 0. The van der Waals surface area contributed by atoms with Crippen molar-refractivity contribution in [3.05, 3.63) is 88.5 Å². The van der Waals surface area contributed by atoms with Crippen LogP contribution in [0.15, 0.2) is 60.7 Å². The lowest BCUT2D eigenvalue weighted by Gasteiger charge is -2.33. The van der Waals surface area contributed by atoms with Gasteiger partial charge in [-0.15, -0.1) is 0 Å². The maximum Gasteiger partial charge on any atom is 0.435 e. The summed E-state index contributed by atoms with van der Waals surface area (Å²) in [5.74, 6) is -1.81. The molecule has 3 aromatic rings. The fraction of sp³-hybridized carbons (Fsp3) is 0.259. The highest BCUT2D eigenvalue weighted by molar-refractivity contribution is 6.11. The van der Waals surface area contributed by atoms with E-state index in [2.05, 4.69) is 10.6 Å². The average molecular weight is 619 g/mol. The van der Waals surface area contributed by atoms with Crippen LogP contribution in [0.1, 0.15) is 37.4 Å². The zero-order valence-electron chi connectivity index (χ0n) is 22.1. The van der Waals surface area contributed by atoms with Gasteiger partial charge in [-0.25, -0.2) is 4.39 Å². The molecule has 0 spiro atoms. The van der Waals surface area contributed by atoms with E-state index in [0.29, 0.717) is 10.6 Å². The summed E-state index contributed by atoms with van der Waals surface area (Å²) in [6.45, 7) is 0. The first kappa shape index (κ1) is 33.3. The summed E-state index contributed by atoms with van der Waals surface area (Å²) < 4.78 is 137. The molecule has 0 aliphatic heterocycles. The lowest BCUT2D eigenvalue weighted by Crippen LogP contribution is -2.50. The number of nitrogens with zero attached hydrogens (tertiary/aromatic N) is 1. The lowest BCUT2D eigenvalue weighted by atomic mass is 9.85. The molecule has 0 bridgehead atoms. The number of benzene rings is 3. The van der Waals surface area contributed by atoms with Gasteiger partial charge in [0, 0.05) is 42.2 Å². The topological polar surface area (TPSA) is 61.4 Å². The van der Waals surface area contributed by atoms with Gasteiger partial charge in [0.2, 0.25) is 0 Å². The van der Waals surface area contributed by atoms with Gasteiger partial charge in [0.25, 0.3) is 11.8 Å². The van der Waals surface area contributed by atoms with Crippen molar-refractivity contribution < 1.29 is 53.5 Å². The van der Waals surface area contributed by atoms with Crippen molar-refractivity contribution in [1.29, 1.82) is 0 Å². The first-order valence-corrected chi connectivity index (χ1v) is 12.0. The molecule has 0 aromatic heterocycles. The van der Waals surface area contributed by atoms with Gasteiger partial charge in [0.15, 0.2) is 0 Å². The minimum atomic E-state index is -6.69. The average Bonchev–Trinajstić information content (AvgIpc) is 2.93. The van der Waals surface area contributed by atoms with Gasteiger partial charge in [0.1, 0.15) is 0 Å². The quantitative estimate of drug-likeness (QED) is 0.217. The Hall–Kier alpha value is -4.24. The van der Waals surface area contributed by atoms with E-state index in [1.165, 1.54) is 24.3 Å². The molecule has 3 aromatic carbocycles. The third-order valence-corrected chi connectivity index (χ3v) is 6.34. The van der Waals surface area contributed by atoms with E-state index in [4.69, 9.17) is 7.85 Å². The molecule has 0 atom stereocenters. The molecule has 228 valence electrons. The van der Waals surface area contributed by atoms with Crippen LogP contribution >= 0.6 is 0 Å². The largest absolute Gasteiger partial charge is 0.435 e. The molecule has 2 N–H and O–H groups in total. The van der Waals surface area contributed by atoms with Gasteiger partial charge in [0.05, 0.1) is 19.1 Å². The Balaban J connectivity index is 2.07. The molecule has 0 aliphatic carbocycles. The third kappa shape index (κ3) is 6.57. The van der Waals surface area contributed by atoms with E-state index in [9.17, 15) is 53.5 Å². The predicted octanol–water partition coefficient (Wildman–Crippen LogP) is 7.23. The number of nitrogens with one attached hydrogen (secondary N) is 2. The Kier molecular flexibility index (Phi) is 9.13. The van der Waals surface area contributed by atoms with Gasteiger partial charge >= 0.3 is 24.2 Å². The summed E-state index contributed by atoms with van der Waals surface area (Å²) in [5, 5.41) is 5.36. The fourth-order valence-corrected chi connectivity index (χ4v) is 4.17. The molecule has 0 aliphatic rings. The third-order valence-electron chi connectivity index (χ3n) is 6.34. The van der Waals surface area contributed by atoms with Crippen molar-refractivity contribution in [3.63, 3.8) is 0 Å². The number of alkyl halides is 10. The molecule has 0 fully saturated rings. The smallest absolute Gasteiger partial charge is 0.388 e. The van der Waals surface area contributed by atoms with Gasteiger partial charge in [-0.1, -0.05) is 18.5 Å². The predicted molar refractivity (Wildman–Crippen MR) is 139 cm³/mol. The van der Waals surface area contributed by atoms with Crippen LogP contribution in [0.25, 0.3) is 0 Å². The summed E-state index contributed by atoms with van der Waals surface area (Å²) in [5.41, 5.74) is -12.3. The molecule has 0 unspecified atom stereocenters. The molecule has 3 rings (SSSR count). The van der Waals surface area contributed by atoms with Gasteiger partial charge < -0.3 is 15.5 Å². The number of halogens is 10. The Morgan fingerprint density at radius 3 is 1.86 bits per heavy atom. The van der Waals surface area contributed by atoms with E-state index in [1.807, 2.05) is 0 Å². The zero-order chi connectivity index (χ0) is 32.5. The summed E-state index contributed by atoms with van der Waals surface area (Å²) in [6.07, 6.45) is -20.1. The van der Waals surface area contributed by atoms with Crippen LogP contribution in [0.5, 0.6) is 0 Å². The number of rotatable bonds is 7. The molecule has 0 heterocycles. The Labute approximate surface area is 239 Å². The molecule has 0 saturated carbocycles. The van der Waals surface area contributed by atoms with Crippen molar-refractivity contribution in [2.45, 2.75) is 30.5 Å². The minimum Gasteiger partial charge on any atom is -0.388 e. The summed E-state index contributed by atoms with van der Waals surface area (Å²) in [6, 6.07) is 10.3. The van der Waals surface area contributed by atoms with Gasteiger partial charge in [-0.05, 0) is 54.1 Å². The van der Waals surface area contributed by atoms with Crippen LogP contribution < -0.4 is 15.5 Å². The van der Waals surface area contributed by atoms with Gasteiger partial charge in [-0.2, -0.15) is 39.5 Å². The van der Waals surface area contributed by atoms with Crippen LogP contribution in [0.4, 0.5) is 61.0 Å². The number of hydrogen-bond acceptors (Lipinski definition) is 3. The van der Waals surface area contributed by atoms with Gasteiger partial charge in [-0.3, -0.25) is 9.59 Å².